The second-order valence-electron chi connectivity index (χ2n) is 4.46. The van der Waals surface area contributed by atoms with E-state index in [4.69, 9.17) is 0 Å². The van der Waals surface area contributed by atoms with Gasteiger partial charge in [0, 0.05) is 5.75 Å². The lowest BCUT2D eigenvalue weighted by molar-refractivity contribution is 0.841. The lowest BCUT2D eigenvalue weighted by Crippen LogP contribution is -1.99. The highest BCUT2D eigenvalue weighted by atomic mass is 35.5. The molecule has 0 fully saturated rings. The van der Waals surface area contributed by atoms with Crippen LogP contribution in [-0.2, 0) is 0 Å². The van der Waals surface area contributed by atoms with Gasteiger partial charge in [0.1, 0.15) is 0 Å². The molecule has 1 aliphatic heterocycles. The summed E-state index contributed by atoms with van der Waals surface area (Å²) in [7, 11) is 0.480. The molecule has 0 bridgehead atoms. The van der Waals surface area contributed by atoms with Gasteiger partial charge in [0.15, 0.2) is 0 Å². The maximum absolute atomic E-state index is 2.37. The monoisotopic (exact) mass is 286 g/mol. The molecule has 0 saturated carbocycles. The molecule has 0 aliphatic carbocycles. The highest BCUT2D eigenvalue weighted by Crippen LogP contribution is 2.22. The molecule has 1 aliphatic rings. The van der Waals surface area contributed by atoms with Gasteiger partial charge >= 0.3 is 0 Å². The molecule has 1 atom stereocenters. The topological polar surface area (TPSA) is 0 Å². The van der Waals surface area contributed by atoms with Crippen LogP contribution in [0.5, 0.6) is 0 Å². The van der Waals surface area contributed by atoms with Crippen molar-refractivity contribution in [3.63, 3.8) is 0 Å². The van der Waals surface area contributed by atoms with Gasteiger partial charge in [-0.3, -0.25) is 0 Å². The normalized spacial score (nSPS) is 19.0. The molecule has 0 nitrogen and oxygen atoms in total. The fourth-order valence-corrected chi connectivity index (χ4v) is 4.18. The van der Waals surface area contributed by atoms with Crippen LogP contribution in [0.25, 0.3) is 0 Å². The highest BCUT2D eigenvalue weighted by molar-refractivity contribution is 8.16. The van der Waals surface area contributed by atoms with E-state index in [1.54, 1.807) is 4.86 Å². The minimum absolute atomic E-state index is 0. The van der Waals surface area contributed by atoms with Crippen molar-refractivity contribution in [1.29, 1.82) is 0 Å². The number of rotatable bonds is 6. The molecule has 1 heterocycles. The zero-order chi connectivity index (χ0) is 12.3. The van der Waals surface area contributed by atoms with Gasteiger partial charge in [-0.25, -0.2) is 0 Å². The molecule has 1 rings (SSSR count). The van der Waals surface area contributed by atoms with E-state index in [-0.39, 0.29) is 12.4 Å². The van der Waals surface area contributed by atoms with E-state index in [0.29, 0.717) is 10.5 Å². The van der Waals surface area contributed by atoms with Crippen molar-refractivity contribution in [2.45, 2.75) is 46.0 Å². The van der Waals surface area contributed by atoms with Gasteiger partial charge in [-0.1, -0.05) is 63.1 Å². The molecule has 18 heavy (non-hydrogen) atoms. The van der Waals surface area contributed by atoms with Crippen LogP contribution in [0.1, 0.15) is 46.0 Å². The van der Waals surface area contributed by atoms with Gasteiger partial charge in [0.2, 0.25) is 0 Å². The average molecular weight is 287 g/mol. The predicted octanol–water partition coefficient (Wildman–Crippen LogP) is 5.52. The molecular weight excluding hydrogens is 260 g/mol. The van der Waals surface area contributed by atoms with Crippen molar-refractivity contribution in [2.24, 2.45) is 0 Å². The van der Waals surface area contributed by atoms with E-state index in [2.05, 4.69) is 50.3 Å². The van der Waals surface area contributed by atoms with Gasteiger partial charge in [0.05, 0.1) is 0 Å². The first-order chi connectivity index (χ1) is 8.38. The van der Waals surface area contributed by atoms with Gasteiger partial charge in [-0.2, -0.15) is 10.5 Å². The lowest BCUT2D eigenvalue weighted by atomic mass is 10.2. The Kier molecular flexibility index (Phi) is 11.6. The standard InChI is InChI=1S/C16H26S.ClH/c1-3-5-12-16-13-10-8-7-9-11-15-17(16)14-6-4-2;/h7-11,13H,3-6,12,14-15H2,1-2H3;1H. The quantitative estimate of drug-likeness (QED) is 0.564. The summed E-state index contributed by atoms with van der Waals surface area (Å²) in [6, 6.07) is 0. The van der Waals surface area contributed by atoms with E-state index < -0.39 is 0 Å². The van der Waals surface area contributed by atoms with Crippen LogP contribution in [0, 0.1) is 0 Å². The third-order valence-electron chi connectivity index (χ3n) is 2.94. The lowest BCUT2D eigenvalue weighted by Gasteiger charge is -2.12. The number of allylic oxidation sites excluding steroid dienone is 5. The van der Waals surface area contributed by atoms with Crippen LogP contribution < -0.4 is 0 Å². The van der Waals surface area contributed by atoms with Crippen LogP contribution in [0.15, 0.2) is 36.5 Å². The summed E-state index contributed by atoms with van der Waals surface area (Å²) < 4.78 is 0. The molecule has 0 saturated heterocycles. The van der Waals surface area contributed by atoms with Crippen molar-refractivity contribution in [2.75, 3.05) is 11.5 Å². The van der Waals surface area contributed by atoms with E-state index in [1.807, 2.05) is 0 Å². The summed E-state index contributed by atoms with van der Waals surface area (Å²) in [6.07, 6.45) is 20.0. The molecule has 0 amide bonds. The van der Waals surface area contributed by atoms with E-state index >= 15 is 0 Å². The summed E-state index contributed by atoms with van der Waals surface area (Å²) in [5, 5.41) is 0. The molecule has 2 heteroatoms. The first-order valence-electron chi connectivity index (χ1n) is 6.91. The van der Waals surface area contributed by atoms with Crippen LogP contribution >= 0.6 is 22.9 Å². The second kappa shape index (κ2) is 11.8. The van der Waals surface area contributed by atoms with Gasteiger partial charge in [-0.05, 0) is 29.9 Å². The largest absolute Gasteiger partial charge is 0.179 e. The molecule has 104 valence electrons. The van der Waals surface area contributed by atoms with Crippen molar-refractivity contribution < 1.29 is 0 Å². The van der Waals surface area contributed by atoms with Crippen molar-refractivity contribution >= 4 is 27.8 Å². The first-order valence-corrected chi connectivity index (χ1v) is 8.48. The Morgan fingerprint density at radius 2 is 1.72 bits per heavy atom. The van der Waals surface area contributed by atoms with E-state index in [0.717, 1.165) is 0 Å². The molecular formula is C16H27ClS. The zero-order valence-corrected chi connectivity index (χ0v) is 13.4. The van der Waals surface area contributed by atoms with Crippen molar-refractivity contribution in [3.8, 4) is 0 Å². The maximum atomic E-state index is 2.37. The minimum Gasteiger partial charge on any atom is -0.179 e. The van der Waals surface area contributed by atoms with E-state index in [1.165, 1.54) is 43.6 Å². The summed E-state index contributed by atoms with van der Waals surface area (Å²) >= 11 is 0. The fourth-order valence-electron chi connectivity index (χ4n) is 1.86. The maximum Gasteiger partial charge on any atom is 0.00689 e. The Bertz CT molecular complexity index is 324. The fraction of sp³-hybridized carbons (Fsp3) is 0.562. The Labute approximate surface area is 122 Å². The third-order valence-corrected chi connectivity index (χ3v) is 5.40. The summed E-state index contributed by atoms with van der Waals surface area (Å²) in [5.41, 5.74) is 0. The highest BCUT2D eigenvalue weighted by Gasteiger charge is 2.02. The van der Waals surface area contributed by atoms with Crippen LogP contribution in [0.4, 0.5) is 0 Å². The Balaban J connectivity index is 0.00000289. The van der Waals surface area contributed by atoms with E-state index in [9.17, 15) is 0 Å². The first kappa shape index (κ1) is 17.7. The van der Waals surface area contributed by atoms with Crippen LogP contribution in [-0.4, -0.2) is 16.4 Å². The molecule has 0 spiro atoms. The minimum atomic E-state index is 0. The number of unbranched alkanes of at least 4 members (excludes halogenated alkanes) is 2. The molecule has 0 aromatic heterocycles. The van der Waals surface area contributed by atoms with Crippen LogP contribution in [0.2, 0.25) is 0 Å². The molecule has 0 aromatic carbocycles. The van der Waals surface area contributed by atoms with Gasteiger partial charge in [-0.15, -0.1) is 12.4 Å². The Hall–Kier alpha value is -0.270. The van der Waals surface area contributed by atoms with Gasteiger partial charge < -0.3 is 0 Å². The Morgan fingerprint density at radius 3 is 2.44 bits per heavy atom. The SMILES string of the molecule is CCCCC1=S(CCCC)CC=CC=CC=C1.Cl. The van der Waals surface area contributed by atoms with Crippen LogP contribution in [0.3, 0.4) is 0 Å². The summed E-state index contributed by atoms with van der Waals surface area (Å²) in [5.74, 6) is 2.62. The second-order valence-corrected chi connectivity index (χ2v) is 6.71. The zero-order valence-electron chi connectivity index (χ0n) is 11.7. The third kappa shape index (κ3) is 7.23. The molecule has 0 N–H and O–H groups in total. The predicted molar refractivity (Wildman–Crippen MR) is 91.4 cm³/mol. The molecule has 1 unspecified atom stereocenters. The van der Waals surface area contributed by atoms with Crippen molar-refractivity contribution in [3.05, 3.63) is 36.5 Å². The summed E-state index contributed by atoms with van der Waals surface area (Å²) in [6.45, 7) is 4.57. The number of hydrogen-bond acceptors (Lipinski definition) is 0. The number of hydrogen-bond donors (Lipinski definition) is 0. The summed E-state index contributed by atoms with van der Waals surface area (Å²) in [4.78, 5) is 1.69. The van der Waals surface area contributed by atoms with Crippen molar-refractivity contribution in [1.82, 2.24) is 0 Å². The Morgan fingerprint density at radius 1 is 1.00 bits per heavy atom. The number of halogens is 1. The molecule has 0 radical (unpaired) electrons. The smallest absolute Gasteiger partial charge is 0.00689 e. The average Bonchev–Trinajstić information content (AvgIpc) is 2.46. The molecule has 0 aromatic rings. The van der Waals surface area contributed by atoms with Gasteiger partial charge in [0.25, 0.3) is 0 Å².